The van der Waals surface area contributed by atoms with Crippen molar-refractivity contribution < 1.29 is 19.1 Å². The molecular weight excluding hydrogens is 669 g/mol. The number of anilines is 3. The van der Waals surface area contributed by atoms with E-state index in [0.29, 0.717) is 48.1 Å². The van der Waals surface area contributed by atoms with Crippen LogP contribution in [0.15, 0.2) is 42.7 Å². The van der Waals surface area contributed by atoms with Crippen LogP contribution in [0.25, 0.3) is 10.9 Å². The predicted octanol–water partition coefficient (Wildman–Crippen LogP) is 4.94. The third kappa shape index (κ3) is 8.12. The van der Waals surface area contributed by atoms with Gasteiger partial charge in [-0.3, -0.25) is 0 Å². The number of aromatic nitrogens is 2. The number of amides is 3. The minimum atomic E-state index is -0.738. The van der Waals surface area contributed by atoms with E-state index in [1.54, 1.807) is 18.1 Å². The fraction of sp³-hybridized carbons (Fsp3) is 0.528. The van der Waals surface area contributed by atoms with Crippen molar-refractivity contribution in [1.82, 2.24) is 25.1 Å². The van der Waals surface area contributed by atoms with E-state index in [1.807, 2.05) is 33.8 Å². The van der Waals surface area contributed by atoms with Gasteiger partial charge in [0.2, 0.25) is 0 Å². The van der Waals surface area contributed by atoms with E-state index in [1.165, 1.54) is 24.7 Å². The maximum atomic E-state index is 13.9. The molecule has 3 aromatic rings. The molecule has 2 aliphatic rings. The summed E-state index contributed by atoms with van der Waals surface area (Å²) in [5.41, 5.74) is 4.91. The molecule has 5 rings (SSSR count). The van der Waals surface area contributed by atoms with E-state index in [9.17, 15) is 14.4 Å². The average molecular weight is 720 g/mol. The molecule has 2 aromatic carbocycles. The summed E-state index contributed by atoms with van der Waals surface area (Å²) in [5, 5.41) is 10.2. The van der Waals surface area contributed by atoms with Crippen LogP contribution in [0.4, 0.5) is 17.2 Å². The number of hydrogen-bond donors (Lipinski definition) is 3. The van der Waals surface area contributed by atoms with Crippen LogP contribution in [0.5, 0.6) is 5.75 Å². The third-order valence-corrected chi connectivity index (χ3v) is 11.9. The summed E-state index contributed by atoms with van der Waals surface area (Å²) in [7, 11) is 3.72. The predicted molar refractivity (Wildman–Crippen MR) is 192 cm³/mol. The Morgan fingerprint density at radius 1 is 1.04 bits per heavy atom. The van der Waals surface area contributed by atoms with Crippen molar-refractivity contribution in [3.8, 4) is 5.75 Å². The van der Waals surface area contributed by atoms with Crippen molar-refractivity contribution in [2.45, 2.75) is 81.8 Å². The first-order chi connectivity index (χ1) is 22.9. The van der Waals surface area contributed by atoms with Crippen LogP contribution in [0.1, 0.15) is 64.9 Å². The number of likely N-dealkylation sites (N-methyl/N-ethyl adjacent to an activating group) is 1. The third-order valence-electron chi connectivity index (χ3n) is 9.55. The first-order valence-corrected chi connectivity index (χ1v) is 20.2. The molecule has 0 radical (unpaired) electrons. The Balaban J connectivity index is 1.35. The Kier molecular flexibility index (Phi) is 11.3. The Labute approximate surface area is 290 Å². The van der Waals surface area contributed by atoms with E-state index >= 15 is 0 Å². The Morgan fingerprint density at radius 3 is 2.44 bits per heavy atom. The van der Waals surface area contributed by atoms with Gasteiger partial charge in [0, 0.05) is 12.2 Å². The first kappa shape index (κ1) is 35.6. The van der Waals surface area contributed by atoms with Gasteiger partial charge in [-0.15, -0.1) is 0 Å². The van der Waals surface area contributed by atoms with Crippen molar-refractivity contribution in [2.24, 2.45) is 5.41 Å². The van der Waals surface area contributed by atoms with Crippen molar-refractivity contribution in [2.75, 3.05) is 44.4 Å². The summed E-state index contributed by atoms with van der Waals surface area (Å²) < 4.78 is 5.57. The van der Waals surface area contributed by atoms with Crippen LogP contribution in [0.3, 0.4) is 0 Å². The molecule has 0 bridgehead atoms. The van der Waals surface area contributed by atoms with Crippen LogP contribution in [-0.4, -0.2) is 99.1 Å². The number of piperidine rings is 1. The molecule has 3 N–H and O–H groups in total. The zero-order valence-electron chi connectivity index (χ0n) is 29.2. The quantitative estimate of drug-likeness (QED) is 0.252. The molecule has 2 unspecified atom stereocenters. The SMILES string of the molecule is COc1cc2ncnc(Nc3ccc(C4CCCN(C)C4)cc3)c2cc1NC(=O)[C@@H]1CCCN1C(=O)[C@@H](NC(=O)[C@H](C)[AsH]C)C(C)(C)C. The number of nitrogens with one attached hydrogen (secondary N) is 3. The Hall–Kier alpha value is -3.69. The van der Waals surface area contributed by atoms with Crippen LogP contribution in [-0.2, 0) is 14.4 Å². The van der Waals surface area contributed by atoms with E-state index < -0.39 is 33.3 Å². The number of hydrogen-bond acceptors (Lipinski definition) is 8. The number of carbonyl (C=O) groups is 3. The number of methoxy groups -OCH3 is 1. The Morgan fingerprint density at radius 2 is 1.77 bits per heavy atom. The summed E-state index contributed by atoms with van der Waals surface area (Å²) in [4.78, 5) is 53.6. The number of ether oxygens (including phenoxy) is 1. The molecule has 2 saturated heterocycles. The fourth-order valence-electron chi connectivity index (χ4n) is 6.60. The van der Waals surface area contributed by atoms with Crippen LogP contribution >= 0.6 is 0 Å². The molecule has 2 fully saturated rings. The summed E-state index contributed by atoms with van der Waals surface area (Å²) >= 11 is -0.447. The van der Waals surface area contributed by atoms with Gasteiger partial charge in [-0.2, -0.15) is 0 Å². The van der Waals surface area contributed by atoms with Gasteiger partial charge in [-0.05, 0) is 50.0 Å². The van der Waals surface area contributed by atoms with E-state index in [0.717, 1.165) is 24.2 Å². The second kappa shape index (κ2) is 15.2. The number of benzene rings is 2. The van der Waals surface area contributed by atoms with Crippen LogP contribution in [0.2, 0.25) is 10.4 Å². The van der Waals surface area contributed by atoms with Gasteiger partial charge in [0.25, 0.3) is 0 Å². The van der Waals surface area contributed by atoms with Crippen molar-refractivity contribution in [3.63, 3.8) is 0 Å². The zero-order valence-corrected chi connectivity index (χ0v) is 31.3. The van der Waals surface area contributed by atoms with Gasteiger partial charge in [-0.1, -0.05) is 12.1 Å². The van der Waals surface area contributed by atoms with Gasteiger partial charge in [0.15, 0.2) is 0 Å². The molecule has 5 atom stereocenters. The number of nitrogens with zero attached hydrogens (tertiary/aromatic N) is 4. The molecule has 48 heavy (non-hydrogen) atoms. The molecule has 11 nitrogen and oxygen atoms in total. The molecule has 3 amide bonds. The number of carbonyl (C=O) groups excluding carboxylic acids is 3. The topological polar surface area (TPSA) is 129 Å². The molecule has 258 valence electrons. The normalized spacial score (nSPS) is 20.1. The van der Waals surface area contributed by atoms with Gasteiger partial charge in [-0.25, -0.2) is 9.97 Å². The minimum absolute atomic E-state index is 0.0905. The standard InChI is InChI=1S/C36H50AsN7O4/c1-22(37-5)33(45)42-31(36(2,3)4)35(47)44-17-9-11-29(44)34(46)41-28-18-26-27(19-30(28)48-7)38-21-39-32(26)40-25-14-12-23(13-15-25)24-10-8-16-43(6)20-24/h12-15,18-19,21-22,24,29,31,37H,8-11,16-17,20H2,1-7H3,(H,41,46)(H,42,45)(H,38,39,40)/t22-,24?,29-,31+/m0/s1. The summed E-state index contributed by atoms with van der Waals surface area (Å²) in [6.07, 6.45) is 5.13. The van der Waals surface area contributed by atoms with Gasteiger partial charge < -0.3 is 10.2 Å². The molecule has 2 aliphatic heterocycles. The van der Waals surface area contributed by atoms with E-state index in [2.05, 4.69) is 67.8 Å². The number of likely N-dealkylation sites (tertiary alicyclic amines) is 2. The molecule has 0 aliphatic carbocycles. The molecule has 1 aromatic heterocycles. The molecule has 0 spiro atoms. The van der Waals surface area contributed by atoms with Crippen molar-refractivity contribution in [3.05, 3.63) is 48.3 Å². The Bertz CT molecular complexity index is 1630. The summed E-state index contributed by atoms with van der Waals surface area (Å²) in [6.45, 7) is 10.4. The van der Waals surface area contributed by atoms with E-state index in [-0.39, 0.29) is 22.4 Å². The molecule has 3 heterocycles. The van der Waals surface area contributed by atoms with E-state index in [4.69, 9.17) is 4.74 Å². The molecular formula is C36H50AsN7O4. The molecule has 12 heteroatoms. The monoisotopic (exact) mass is 719 g/mol. The van der Waals surface area contributed by atoms with Crippen molar-refractivity contribution >= 4 is 61.6 Å². The van der Waals surface area contributed by atoms with Gasteiger partial charge in [0.05, 0.1) is 12.6 Å². The second-order valence-electron chi connectivity index (χ2n) is 14.1. The molecule has 0 saturated carbocycles. The fourth-order valence-corrected chi connectivity index (χ4v) is 7.32. The second-order valence-corrected chi connectivity index (χ2v) is 17.2. The van der Waals surface area contributed by atoms with Gasteiger partial charge >= 0.3 is 172 Å². The average Bonchev–Trinajstić information content (AvgIpc) is 3.57. The maximum absolute atomic E-state index is 13.9. The summed E-state index contributed by atoms with van der Waals surface area (Å²) in [5.74, 6) is 0.951. The van der Waals surface area contributed by atoms with Crippen molar-refractivity contribution in [1.29, 1.82) is 0 Å². The van der Waals surface area contributed by atoms with Crippen LogP contribution < -0.4 is 20.7 Å². The summed E-state index contributed by atoms with van der Waals surface area (Å²) in [6, 6.07) is 10.7. The number of fused-ring (bicyclic) bond motifs is 1. The zero-order chi connectivity index (χ0) is 34.6. The van der Waals surface area contributed by atoms with Crippen LogP contribution in [0, 0.1) is 5.41 Å². The van der Waals surface area contributed by atoms with Gasteiger partial charge in [0.1, 0.15) is 12.1 Å². The first-order valence-electron chi connectivity index (χ1n) is 16.9. The number of rotatable bonds is 10.